The average molecular weight is 201 g/mol. The Kier molecular flexibility index (Phi) is 2.79. The molecule has 2 rings (SSSR count). The van der Waals surface area contributed by atoms with Crippen LogP contribution in [0.2, 0.25) is 0 Å². The monoisotopic (exact) mass is 201 g/mol. The second-order valence-electron chi connectivity index (χ2n) is 3.83. The van der Waals surface area contributed by atoms with Crippen molar-refractivity contribution in [2.24, 2.45) is 5.92 Å². The molecule has 1 N–H and O–H groups in total. The van der Waals surface area contributed by atoms with Gasteiger partial charge >= 0.3 is 5.97 Å². The van der Waals surface area contributed by atoms with E-state index in [2.05, 4.69) is 4.90 Å². The van der Waals surface area contributed by atoms with E-state index in [9.17, 15) is 4.79 Å². The highest BCUT2D eigenvalue weighted by molar-refractivity contribution is 7.99. The molecular formula is C9H15NO2S. The van der Waals surface area contributed by atoms with Gasteiger partial charge in [0.05, 0.1) is 5.92 Å². The van der Waals surface area contributed by atoms with Gasteiger partial charge in [-0.15, -0.1) is 0 Å². The topological polar surface area (TPSA) is 40.5 Å². The molecule has 13 heavy (non-hydrogen) atoms. The number of hydrogen-bond donors (Lipinski definition) is 1. The van der Waals surface area contributed by atoms with E-state index in [1.807, 2.05) is 11.8 Å². The lowest BCUT2D eigenvalue weighted by Crippen LogP contribution is -2.55. The lowest BCUT2D eigenvalue weighted by Gasteiger charge is -2.43. The van der Waals surface area contributed by atoms with Crippen molar-refractivity contribution in [2.75, 3.05) is 24.6 Å². The predicted molar refractivity (Wildman–Crippen MR) is 53.0 cm³/mol. The van der Waals surface area contributed by atoms with Crippen LogP contribution in [0.3, 0.4) is 0 Å². The van der Waals surface area contributed by atoms with Crippen LogP contribution in [0.4, 0.5) is 0 Å². The van der Waals surface area contributed by atoms with Gasteiger partial charge in [0.1, 0.15) is 0 Å². The summed E-state index contributed by atoms with van der Waals surface area (Å²) in [6, 6.07) is 0.678. The molecule has 4 heteroatoms. The lowest BCUT2D eigenvalue weighted by atomic mass is 9.96. The van der Waals surface area contributed by atoms with Gasteiger partial charge in [-0.3, -0.25) is 9.69 Å². The molecule has 2 aliphatic heterocycles. The molecule has 0 aromatic heterocycles. The Morgan fingerprint density at radius 1 is 1.31 bits per heavy atom. The van der Waals surface area contributed by atoms with Crippen molar-refractivity contribution in [3.8, 4) is 0 Å². The summed E-state index contributed by atoms with van der Waals surface area (Å²) in [5.41, 5.74) is 0. The van der Waals surface area contributed by atoms with Gasteiger partial charge in [-0.2, -0.15) is 11.8 Å². The first-order chi connectivity index (χ1) is 6.27. The minimum Gasteiger partial charge on any atom is -0.481 e. The highest BCUT2D eigenvalue weighted by atomic mass is 32.2. The smallest absolute Gasteiger partial charge is 0.309 e. The third-order valence-electron chi connectivity index (χ3n) is 2.97. The summed E-state index contributed by atoms with van der Waals surface area (Å²) in [6.07, 6.45) is 2.49. The molecular weight excluding hydrogens is 186 g/mol. The van der Waals surface area contributed by atoms with Crippen molar-refractivity contribution < 1.29 is 9.90 Å². The molecule has 74 valence electrons. The molecule has 0 unspecified atom stereocenters. The van der Waals surface area contributed by atoms with Gasteiger partial charge in [-0.1, -0.05) is 0 Å². The second-order valence-corrected chi connectivity index (χ2v) is 5.06. The normalized spacial score (nSPS) is 27.1. The molecule has 3 nitrogen and oxygen atoms in total. The second kappa shape index (κ2) is 3.88. The summed E-state index contributed by atoms with van der Waals surface area (Å²) >= 11 is 2.01. The Morgan fingerprint density at radius 3 is 2.46 bits per heavy atom. The van der Waals surface area contributed by atoms with E-state index < -0.39 is 5.97 Å². The van der Waals surface area contributed by atoms with Gasteiger partial charge in [0, 0.05) is 19.1 Å². The van der Waals surface area contributed by atoms with Crippen molar-refractivity contribution in [2.45, 2.75) is 18.9 Å². The summed E-state index contributed by atoms with van der Waals surface area (Å²) in [5.74, 6) is 1.79. The zero-order valence-corrected chi connectivity index (χ0v) is 8.42. The number of nitrogens with zero attached hydrogens (tertiary/aromatic N) is 1. The quantitative estimate of drug-likeness (QED) is 0.720. The molecule has 0 aliphatic carbocycles. The van der Waals surface area contributed by atoms with Crippen LogP contribution in [-0.2, 0) is 4.79 Å². The fraction of sp³-hybridized carbons (Fsp3) is 0.889. The third kappa shape index (κ3) is 1.99. The summed E-state index contributed by atoms with van der Waals surface area (Å²) in [4.78, 5) is 12.9. The zero-order chi connectivity index (χ0) is 9.26. The molecule has 2 saturated heterocycles. The van der Waals surface area contributed by atoms with Crippen LogP contribution in [0.25, 0.3) is 0 Å². The minimum atomic E-state index is -0.624. The third-order valence-corrected chi connectivity index (χ3v) is 4.02. The maximum atomic E-state index is 10.6. The molecule has 0 aromatic rings. The van der Waals surface area contributed by atoms with Gasteiger partial charge in [-0.25, -0.2) is 0 Å². The fourth-order valence-electron chi connectivity index (χ4n) is 2.02. The van der Waals surface area contributed by atoms with E-state index in [-0.39, 0.29) is 5.92 Å². The summed E-state index contributed by atoms with van der Waals surface area (Å²) in [7, 11) is 0. The maximum Gasteiger partial charge on any atom is 0.309 e. The first kappa shape index (κ1) is 9.34. The summed E-state index contributed by atoms with van der Waals surface area (Å²) in [6.45, 7) is 1.56. The Hall–Kier alpha value is -0.220. The van der Waals surface area contributed by atoms with Gasteiger partial charge in [0.25, 0.3) is 0 Å². The predicted octanol–water partition coefficient (Wildman–Crippen LogP) is 0.898. The molecule has 0 amide bonds. The first-order valence-electron chi connectivity index (χ1n) is 4.82. The Bertz CT molecular complexity index is 198. The van der Waals surface area contributed by atoms with E-state index in [0.29, 0.717) is 6.04 Å². The number of carbonyl (C=O) groups is 1. The number of carboxylic acid groups (broad SMARTS) is 1. The van der Waals surface area contributed by atoms with Crippen LogP contribution in [-0.4, -0.2) is 46.6 Å². The van der Waals surface area contributed by atoms with E-state index in [4.69, 9.17) is 5.11 Å². The molecule has 2 heterocycles. The van der Waals surface area contributed by atoms with E-state index in [0.717, 1.165) is 13.1 Å². The largest absolute Gasteiger partial charge is 0.481 e. The minimum absolute atomic E-state index is 0.0884. The standard InChI is InChI=1S/C9H15NO2S/c11-9(12)7-5-10(6-7)8-1-3-13-4-2-8/h7-8H,1-6H2,(H,11,12). The number of hydrogen-bond acceptors (Lipinski definition) is 3. The van der Waals surface area contributed by atoms with Gasteiger partial charge < -0.3 is 5.11 Å². The highest BCUT2D eigenvalue weighted by Gasteiger charge is 2.36. The lowest BCUT2D eigenvalue weighted by molar-refractivity contribution is -0.148. The van der Waals surface area contributed by atoms with Crippen LogP contribution < -0.4 is 0 Å². The Labute approximate surface area is 82.5 Å². The Balaban J connectivity index is 1.75. The van der Waals surface area contributed by atoms with Gasteiger partial charge in [-0.05, 0) is 24.3 Å². The molecule has 0 saturated carbocycles. The van der Waals surface area contributed by atoms with E-state index in [1.165, 1.54) is 24.3 Å². The van der Waals surface area contributed by atoms with Crippen molar-refractivity contribution in [1.82, 2.24) is 4.90 Å². The molecule has 0 radical (unpaired) electrons. The van der Waals surface area contributed by atoms with Crippen LogP contribution in [0.15, 0.2) is 0 Å². The molecule has 2 fully saturated rings. The number of rotatable bonds is 2. The van der Waals surface area contributed by atoms with Crippen molar-refractivity contribution in [3.63, 3.8) is 0 Å². The van der Waals surface area contributed by atoms with Crippen LogP contribution in [0.5, 0.6) is 0 Å². The molecule has 2 aliphatic rings. The van der Waals surface area contributed by atoms with Crippen LogP contribution >= 0.6 is 11.8 Å². The van der Waals surface area contributed by atoms with E-state index in [1.54, 1.807) is 0 Å². The number of likely N-dealkylation sites (tertiary alicyclic amines) is 1. The zero-order valence-electron chi connectivity index (χ0n) is 7.61. The highest BCUT2D eigenvalue weighted by Crippen LogP contribution is 2.27. The average Bonchev–Trinajstić information content (AvgIpc) is 2.02. The maximum absolute atomic E-state index is 10.6. The SMILES string of the molecule is O=C(O)C1CN(C2CCSCC2)C1. The number of aliphatic carboxylic acids is 1. The molecule has 0 aromatic carbocycles. The summed E-state index contributed by atoms with van der Waals surface area (Å²) in [5, 5.41) is 8.72. The molecule has 0 spiro atoms. The number of carboxylic acids is 1. The molecule has 0 atom stereocenters. The van der Waals surface area contributed by atoms with Crippen molar-refractivity contribution in [1.29, 1.82) is 0 Å². The van der Waals surface area contributed by atoms with Crippen LogP contribution in [0.1, 0.15) is 12.8 Å². The van der Waals surface area contributed by atoms with Crippen molar-refractivity contribution in [3.05, 3.63) is 0 Å². The van der Waals surface area contributed by atoms with Gasteiger partial charge in [0.15, 0.2) is 0 Å². The van der Waals surface area contributed by atoms with E-state index >= 15 is 0 Å². The van der Waals surface area contributed by atoms with Crippen LogP contribution in [0, 0.1) is 5.92 Å². The molecule has 0 bridgehead atoms. The number of thioether (sulfide) groups is 1. The summed E-state index contributed by atoms with van der Waals surface area (Å²) < 4.78 is 0. The first-order valence-corrected chi connectivity index (χ1v) is 5.97. The van der Waals surface area contributed by atoms with Crippen molar-refractivity contribution >= 4 is 17.7 Å². The van der Waals surface area contributed by atoms with Gasteiger partial charge in [0.2, 0.25) is 0 Å². The Morgan fingerprint density at radius 2 is 1.92 bits per heavy atom. The fourth-order valence-corrected chi connectivity index (χ4v) is 3.10.